The van der Waals surface area contributed by atoms with Crippen molar-refractivity contribution in [2.75, 3.05) is 14.2 Å². The van der Waals surface area contributed by atoms with Gasteiger partial charge in [-0.3, -0.25) is 0 Å². The Morgan fingerprint density at radius 3 is 2.42 bits per heavy atom. The van der Waals surface area contributed by atoms with Gasteiger partial charge in [-0.1, -0.05) is 0 Å². The normalized spacial score (nSPS) is 10.4. The Labute approximate surface area is 69.3 Å². The molecule has 0 spiro atoms. The predicted octanol–water partition coefficient (Wildman–Crippen LogP) is -1.32. The van der Waals surface area contributed by atoms with Crippen LogP contribution in [0.2, 0.25) is 0 Å². The molecule has 6 nitrogen and oxygen atoms in total. The van der Waals surface area contributed by atoms with Gasteiger partial charge in [0.1, 0.15) is 5.70 Å². The van der Waals surface area contributed by atoms with Crippen molar-refractivity contribution >= 4 is 11.9 Å². The summed E-state index contributed by atoms with van der Waals surface area (Å²) in [5.74, 6) is 3.05. The minimum Gasteiger partial charge on any atom is -0.464 e. The van der Waals surface area contributed by atoms with Gasteiger partial charge in [0.25, 0.3) is 0 Å². The van der Waals surface area contributed by atoms with E-state index in [1.54, 1.807) is 0 Å². The lowest BCUT2D eigenvalue weighted by Gasteiger charge is -2.02. The quantitative estimate of drug-likeness (QED) is 0.313. The Kier molecular flexibility index (Phi) is 4.47. The van der Waals surface area contributed by atoms with E-state index in [0.29, 0.717) is 0 Å². The summed E-state index contributed by atoms with van der Waals surface area (Å²) in [5.41, 5.74) is -0.0204. The second-order valence-corrected chi connectivity index (χ2v) is 1.74. The fraction of sp³-hybridized carbons (Fsp3) is 0.333. The van der Waals surface area contributed by atoms with Crippen molar-refractivity contribution in [3.05, 3.63) is 11.8 Å². The first-order valence-electron chi connectivity index (χ1n) is 3.04. The molecule has 0 atom stereocenters. The lowest BCUT2D eigenvalue weighted by Crippen LogP contribution is -2.20. The number of nitrogens with two attached hydrogens (primary N) is 1. The first-order valence-corrected chi connectivity index (χ1v) is 3.04. The minimum absolute atomic E-state index is 0.0204. The molecular weight excluding hydrogens is 164 g/mol. The van der Waals surface area contributed by atoms with Crippen LogP contribution in [0.25, 0.3) is 0 Å². The van der Waals surface area contributed by atoms with Gasteiger partial charge in [-0.05, 0) is 0 Å². The smallest absolute Gasteiger partial charge is 0.354 e. The zero-order valence-corrected chi connectivity index (χ0v) is 6.79. The SMILES string of the molecule is CN/C(=C/C(=O)ON)C(=O)OC. The molecule has 0 saturated carbocycles. The summed E-state index contributed by atoms with van der Waals surface area (Å²) in [6.45, 7) is 0. The standard InChI is InChI=1S/C6H10N2O4/c1-8-4(6(10)11-2)3-5(9)12-7/h3,8H,7H2,1-2H3/b4-3+. The zero-order chi connectivity index (χ0) is 9.56. The van der Waals surface area contributed by atoms with E-state index < -0.39 is 11.9 Å². The Bertz CT molecular complexity index is 212. The molecule has 68 valence electrons. The Balaban J connectivity index is 4.43. The fourth-order valence-corrected chi connectivity index (χ4v) is 0.495. The fourth-order valence-electron chi connectivity index (χ4n) is 0.495. The third-order valence-electron chi connectivity index (χ3n) is 1.05. The summed E-state index contributed by atoms with van der Waals surface area (Å²) >= 11 is 0. The van der Waals surface area contributed by atoms with E-state index in [9.17, 15) is 9.59 Å². The minimum atomic E-state index is -0.829. The van der Waals surface area contributed by atoms with E-state index in [1.165, 1.54) is 14.2 Å². The molecule has 0 fully saturated rings. The van der Waals surface area contributed by atoms with Crippen LogP contribution in [0, 0.1) is 0 Å². The predicted molar refractivity (Wildman–Crippen MR) is 39.4 cm³/mol. The van der Waals surface area contributed by atoms with Gasteiger partial charge in [-0.25, -0.2) is 9.59 Å². The van der Waals surface area contributed by atoms with Gasteiger partial charge >= 0.3 is 11.9 Å². The summed E-state index contributed by atoms with van der Waals surface area (Å²) < 4.78 is 4.33. The highest BCUT2D eigenvalue weighted by Gasteiger charge is 2.09. The van der Waals surface area contributed by atoms with Crippen LogP contribution >= 0.6 is 0 Å². The molecule has 12 heavy (non-hydrogen) atoms. The van der Waals surface area contributed by atoms with Crippen molar-refractivity contribution in [1.82, 2.24) is 5.32 Å². The van der Waals surface area contributed by atoms with Crippen LogP contribution in [-0.4, -0.2) is 26.1 Å². The van der Waals surface area contributed by atoms with Crippen molar-refractivity contribution in [1.29, 1.82) is 0 Å². The molecule has 3 N–H and O–H groups in total. The summed E-state index contributed by atoms with van der Waals surface area (Å²) in [7, 11) is 2.66. The van der Waals surface area contributed by atoms with Gasteiger partial charge in [0.15, 0.2) is 0 Å². The van der Waals surface area contributed by atoms with Crippen LogP contribution in [0.1, 0.15) is 0 Å². The molecule has 0 saturated heterocycles. The van der Waals surface area contributed by atoms with Crippen LogP contribution in [-0.2, 0) is 19.2 Å². The highest BCUT2D eigenvalue weighted by molar-refractivity contribution is 5.95. The van der Waals surface area contributed by atoms with Crippen molar-refractivity contribution in [3.8, 4) is 0 Å². The average molecular weight is 174 g/mol. The number of likely N-dealkylation sites (N-methyl/N-ethyl adjacent to an activating group) is 1. The van der Waals surface area contributed by atoms with Gasteiger partial charge < -0.3 is 14.9 Å². The van der Waals surface area contributed by atoms with E-state index in [0.717, 1.165) is 6.08 Å². The van der Waals surface area contributed by atoms with Gasteiger partial charge in [-0.2, -0.15) is 5.90 Å². The number of esters is 1. The lowest BCUT2D eigenvalue weighted by atomic mass is 10.4. The van der Waals surface area contributed by atoms with E-state index in [-0.39, 0.29) is 5.70 Å². The number of methoxy groups -OCH3 is 1. The molecule has 0 bridgehead atoms. The van der Waals surface area contributed by atoms with Gasteiger partial charge in [-0.15, -0.1) is 0 Å². The molecule has 0 amide bonds. The van der Waals surface area contributed by atoms with E-state index in [4.69, 9.17) is 0 Å². The van der Waals surface area contributed by atoms with E-state index in [2.05, 4.69) is 20.8 Å². The second-order valence-electron chi connectivity index (χ2n) is 1.74. The third kappa shape index (κ3) is 3.02. The number of carbonyl (C=O) groups excluding carboxylic acids is 2. The highest BCUT2D eigenvalue weighted by Crippen LogP contribution is 1.91. The number of hydrogen-bond acceptors (Lipinski definition) is 6. The van der Waals surface area contributed by atoms with E-state index >= 15 is 0 Å². The summed E-state index contributed by atoms with van der Waals surface area (Å²) in [6, 6.07) is 0. The molecule has 6 heteroatoms. The van der Waals surface area contributed by atoms with Crippen LogP contribution < -0.4 is 11.2 Å². The Morgan fingerprint density at radius 2 is 2.08 bits per heavy atom. The molecule has 0 aromatic carbocycles. The summed E-state index contributed by atoms with van der Waals surface area (Å²) in [6.07, 6.45) is 0.895. The maximum absolute atomic E-state index is 10.8. The average Bonchev–Trinajstić information content (AvgIpc) is 2.12. The number of ether oxygens (including phenoxy) is 1. The molecule has 0 aliphatic carbocycles. The van der Waals surface area contributed by atoms with Crippen LogP contribution in [0.4, 0.5) is 0 Å². The van der Waals surface area contributed by atoms with E-state index in [1.807, 2.05) is 0 Å². The van der Waals surface area contributed by atoms with Crippen LogP contribution in [0.15, 0.2) is 11.8 Å². The first-order chi connectivity index (χ1) is 5.65. The molecule has 0 aromatic heterocycles. The molecule has 0 aliphatic rings. The number of nitrogens with one attached hydrogen (secondary N) is 1. The molecule has 0 unspecified atom stereocenters. The summed E-state index contributed by atoms with van der Waals surface area (Å²) in [4.78, 5) is 25.1. The summed E-state index contributed by atoms with van der Waals surface area (Å²) in [5, 5.41) is 2.45. The number of rotatable bonds is 3. The number of carbonyl (C=O) groups is 2. The topological polar surface area (TPSA) is 90.6 Å². The van der Waals surface area contributed by atoms with Gasteiger partial charge in [0, 0.05) is 7.05 Å². The molecule has 0 radical (unpaired) electrons. The first kappa shape index (κ1) is 10.4. The Morgan fingerprint density at radius 1 is 1.50 bits per heavy atom. The lowest BCUT2D eigenvalue weighted by molar-refractivity contribution is -0.140. The van der Waals surface area contributed by atoms with Crippen LogP contribution in [0.5, 0.6) is 0 Å². The number of hydrogen-bond donors (Lipinski definition) is 2. The molecule has 0 aliphatic heterocycles. The molecule has 0 aromatic rings. The van der Waals surface area contributed by atoms with Crippen molar-refractivity contribution in [2.45, 2.75) is 0 Å². The Hall–Kier alpha value is -1.56. The zero-order valence-electron chi connectivity index (χ0n) is 6.79. The van der Waals surface area contributed by atoms with Gasteiger partial charge in [0.2, 0.25) is 0 Å². The van der Waals surface area contributed by atoms with Crippen molar-refractivity contribution in [2.24, 2.45) is 5.90 Å². The van der Waals surface area contributed by atoms with Gasteiger partial charge in [0.05, 0.1) is 13.2 Å². The third-order valence-corrected chi connectivity index (χ3v) is 1.05. The largest absolute Gasteiger partial charge is 0.464 e. The maximum atomic E-state index is 10.8. The van der Waals surface area contributed by atoms with Crippen LogP contribution in [0.3, 0.4) is 0 Å². The molecule has 0 rings (SSSR count). The highest BCUT2D eigenvalue weighted by atomic mass is 16.7. The second kappa shape index (κ2) is 5.14. The molecular formula is C6H10N2O4. The molecule has 0 heterocycles. The van der Waals surface area contributed by atoms with Crippen molar-refractivity contribution < 1.29 is 19.2 Å². The monoisotopic (exact) mass is 174 g/mol. The maximum Gasteiger partial charge on any atom is 0.354 e. The van der Waals surface area contributed by atoms with Crippen molar-refractivity contribution in [3.63, 3.8) is 0 Å².